The van der Waals surface area contributed by atoms with Gasteiger partial charge in [-0.15, -0.1) is 0 Å². The number of carbonyl (C=O) groups excluding carboxylic acids is 1. The molecule has 146 valence electrons. The van der Waals surface area contributed by atoms with Gasteiger partial charge in [-0.1, -0.05) is 19.9 Å². The van der Waals surface area contributed by atoms with Crippen LogP contribution in [0.1, 0.15) is 26.7 Å². The summed E-state index contributed by atoms with van der Waals surface area (Å²) in [6.07, 6.45) is 3.57. The second-order valence-electron chi connectivity index (χ2n) is 7.02. The van der Waals surface area contributed by atoms with E-state index in [1.807, 2.05) is 0 Å². The molecule has 0 bridgehead atoms. The number of aromatic nitrogens is 1. The molecule has 0 spiro atoms. The largest absolute Gasteiger partial charge is 0.494 e. The maximum Gasteiger partial charge on any atom is 0.227 e. The lowest BCUT2D eigenvalue weighted by Gasteiger charge is -2.41. The summed E-state index contributed by atoms with van der Waals surface area (Å²) in [7, 11) is 1.29. The van der Waals surface area contributed by atoms with Crippen molar-refractivity contribution in [2.75, 3.05) is 12.4 Å². The summed E-state index contributed by atoms with van der Waals surface area (Å²) in [5, 5.41) is 9.04. The minimum absolute atomic E-state index is 0.0694. The molecule has 3 rings (SSSR count). The number of nitrogens with zero attached hydrogens (tertiary/aromatic N) is 1. The third kappa shape index (κ3) is 5.90. The molecular formula is C19H23F2N3O2S. The maximum atomic E-state index is 12.5. The molecule has 1 aromatic carbocycles. The molecule has 0 radical (unpaired) electrons. The van der Waals surface area contributed by atoms with Gasteiger partial charge in [0.15, 0.2) is 11.6 Å². The van der Waals surface area contributed by atoms with E-state index in [9.17, 15) is 13.6 Å². The number of ether oxygens (including phenoxy) is 1. The molecule has 1 fully saturated rings. The van der Waals surface area contributed by atoms with Gasteiger partial charge in [0.05, 0.1) is 7.11 Å². The molecule has 1 saturated carbocycles. The maximum absolute atomic E-state index is 12.5. The molecule has 27 heavy (non-hydrogen) atoms. The first-order chi connectivity index (χ1) is 12.8. The number of pyridine rings is 1. The second kappa shape index (κ2) is 9.14. The fourth-order valence-corrected chi connectivity index (χ4v) is 3.21. The summed E-state index contributed by atoms with van der Waals surface area (Å²) in [6, 6.07) is 7.35. The summed E-state index contributed by atoms with van der Waals surface area (Å²) in [6.45, 7) is 4.37. The lowest BCUT2D eigenvalue weighted by atomic mass is 9.64. The molecule has 1 aliphatic rings. The van der Waals surface area contributed by atoms with Gasteiger partial charge in [-0.25, -0.2) is 9.37 Å². The van der Waals surface area contributed by atoms with Gasteiger partial charge in [0.2, 0.25) is 11.7 Å². The number of hydrogen-bond donors (Lipinski definition) is 2. The van der Waals surface area contributed by atoms with E-state index in [4.69, 9.17) is 5.14 Å². The highest BCUT2D eigenvalue weighted by molar-refractivity contribution is 7.97. The van der Waals surface area contributed by atoms with Gasteiger partial charge in [-0.2, -0.15) is 4.39 Å². The van der Waals surface area contributed by atoms with Gasteiger partial charge in [0, 0.05) is 17.8 Å². The van der Waals surface area contributed by atoms with Crippen molar-refractivity contribution < 1.29 is 18.3 Å². The van der Waals surface area contributed by atoms with Crippen LogP contribution in [0.25, 0.3) is 0 Å². The number of nitrogens with one attached hydrogen (secondary N) is 1. The van der Waals surface area contributed by atoms with Crippen LogP contribution in [0.4, 0.5) is 14.5 Å². The van der Waals surface area contributed by atoms with Crippen molar-refractivity contribution in [1.29, 1.82) is 0 Å². The van der Waals surface area contributed by atoms with Crippen molar-refractivity contribution in [2.45, 2.75) is 31.7 Å². The van der Waals surface area contributed by atoms with E-state index >= 15 is 0 Å². The molecule has 1 aliphatic carbocycles. The van der Waals surface area contributed by atoms with Crippen LogP contribution in [-0.4, -0.2) is 18.0 Å². The van der Waals surface area contributed by atoms with Crippen LogP contribution in [0.15, 0.2) is 41.6 Å². The average Bonchev–Trinajstić information content (AvgIpc) is 2.62. The molecular weight excluding hydrogens is 372 g/mol. The molecule has 5 nitrogen and oxygen atoms in total. The van der Waals surface area contributed by atoms with Gasteiger partial charge in [-0.05, 0) is 54.5 Å². The first kappa shape index (κ1) is 21.1. The van der Waals surface area contributed by atoms with Gasteiger partial charge in [-0.3, -0.25) is 9.93 Å². The number of hydrogen-bond acceptors (Lipinski definition) is 5. The molecule has 3 N–H and O–H groups in total. The van der Waals surface area contributed by atoms with Gasteiger partial charge in [0.25, 0.3) is 0 Å². The molecule has 2 aromatic rings. The smallest absolute Gasteiger partial charge is 0.227 e. The number of anilines is 1. The summed E-state index contributed by atoms with van der Waals surface area (Å²) in [5.41, 5.74) is 1.08. The first-order valence-electron chi connectivity index (χ1n) is 8.37. The Kier molecular flexibility index (Phi) is 7.15. The molecule has 1 aromatic heterocycles. The van der Waals surface area contributed by atoms with Crippen LogP contribution in [0.3, 0.4) is 0 Å². The zero-order chi connectivity index (χ0) is 20.0. The average molecular weight is 395 g/mol. The number of amides is 1. The van der Waals surface area contributed by atoms with Crippen LogP contribution in [0, 0.1) is 23.0 Å². The van der Waals surface area contributed by atoms with Crippen molar-refractivity contribution in [2.24, 2.45) is 16.5 Å². The van der Waals surface area contributed by atoms with E-state index in [2.05, 4.69) is 28.9 Å². The fourth-order valence-electron chi connectivity index (χ4n) is 2.90. The van der Waals surface area contributed by atoms with E-state index in [0.717, 1.165) is 36.5 Å². The van der Waals surface area contributed by atoms with Crippen molar-refractivity contribution >= 4 is 23.5 Å². The number of benzene rings is 1. The van der Waals surface area contributed by atoms with Crippen molar-refractivity contribution in [3.05, 3.63) is 48.2 Å². The molecule has 1 heterocycles. The molecule has 8 heteroatoms. The lowest BCUT2D eigenvalue weighted by molar-refractivity contribution is -0.126. The Bertz CT molecular complexity index is 794. The summed E-state index contributed by atoms with van der Waals surface area (Å²) >= 11 is 1.08. The minimum atomic E-state index is -0.940. The van der Waals surface area contributed by atoms with Crippen LogP contribution >= 0.6 is 11.9 Å². The van der Waals surface area contributed by atoms with Crippen LogP contribution in [-0.2, 0) is 4.79 Å². The van der Waals surface area contributed by atoms with Crippen LogP contribution in [0.5, 0.6) is 5.75 Å². The Labute approximate surface area is 161 Å². The third-order valence-electron chi connectivity index (χ3n) is 4.23. The topological polar surface area (TPSA) is 77.2 Å². The molecule has 0 atom stereocenters. The summed E-state index contributed by atoms with van der Waals surface area (Å²) < 4.78 is 29.3. The lowest BCUT2D eigenvalue weighted by Crippen LogP contribution is -2.39. The Balaban J connectivity index is 0.000000223. The summed E-state index contributed by atoms with van der Waals surface area (Å²) in [4.78, 5) is 16.0. The van der Waals surface area contributed by atoms with E-state index in [1.54, 1.807) is 18.3 Å². The highest BCUT2D eigenvalue weighted by Gasteiger charge is 2.40. The zero-order valence-electron chi connectivity index (χ0n) is 15.5. The monoisotopic (exact) mass is 395 g/mol. The summed E-state index contributed by atoms with van der Waals surface area (Å²) in [5.74, 6) is -1.65. The zero-order valence-corrected chi connectivity index (χ0v) is 16.3. The number of halogens is 2. The van der Waals surface area contributed by atoms with Crippen LogP contribution in [0.2, 0.25) is 0 Å². The van der Waals surface area contributed by atoms with E-state index in [0.29, 0.717) is 10.4 Å². The molecule has 0 aliphatic heterocycles. The van der Waals surface area contributed by atoms with Gasteiger partial charge in [0.1, 0.15) is 5.03 Å². The van der Waals surface area contributed by atoms with Crippen molar-refractivity contribution in [3.63, 3.8) is 0 Å². The van der Waals surface area contributed by atoms with Gasteiger partial charge >= 0.3 is 0 Å². The Hall–Kier alpha value is -2.19. The molecule has 0 unspecified atom stereocenters. The highest BCUT2D eigenvalue weighted by atomic mass is 32.2. The van der Waals surface area contributed by atoms with Gasteiger partial charge < -0.3 is 10.1 Å². The number of nitrogens with two attached hydrogens (primary N) is 1. The first-order valence-corrected chi connectivity index (χ1v) is 9.25. The van der Waals surface area contributed by atoms with Crippen molar-refractivity contribution in [3.8, 4) is 5.75 Å². The van der Waals surface area contributed by atoms with Crippen molar-refractivity contribution in [1.82, 2.24) is 4.98 Å². The quantitative estimate of drug-likeness (QED) is 0.751. The Morgan fingerprint density at radius 3 is 2.59 bits per heavy atom. The predicted octanol–water partition coefficient (Wildman–Crippen LogP) is 4.40. The standard InChI is InChI=1S/C12H17N3OS.C7H6F2O/c1-12(2)6-8(7-12)11(16)15-9-3-4-14-10(5-9)17-13;1-10-6-4-2-3-5(8)7(6)9/h3-5,8H,6-7,13H2,1-2H3,(H,14,15,16);2-4H,1H3. The third-order valence-corrected chi connectivity index (χ3v) is 4.69. The Morgan fingerprint density at radius 1 is 1.33 bits per heavy atom. The van der Waals surface area contributed by atoms with Crippen LogP contribution < -0.4 is 15.2 Å². The van der Waals surface area contributed by atoms with E-state index in [1.165, 1.54) is 19.2 Å². The predicted molar refractivity (Wildman–Crippen MR) is 102 cm³/mol. The second-order valence-corrected chi connectivity index (χ2v) is 7.67. The number of rotatable bonds is 4. The minimum Gasteiger partial charge on any atom is -0.494 e. The van der Waals surface area contributed by atoms with E-state index < -0.39 is 11.6 Å². The SMILES string of the molecule is CC1(C)CC(C(=O)Nc2ccnc(SN)c2)C1.COc1cccc(F)c1F. The number of carbonyl (C=O) groups is 1. The number of methoxy groups -OCH3 is 1. The highest BCUT2D eigenvalue weighted by Crippen LogP contribution is 2.45. The Morgan fingerprint density at radius 2 is 2.04 bits per heavy atom. The fraction of sp³-hybridized carbons (Fsp3) is 0.368. The molecule has 0 saturated heterocycles. The van der Waals surface area contributed by atoms with E-state index in [-0.39, 0.29) is 17.6 Å². The normalized spacial score (nSPS) is 15.2. The molecule has 1 amide bonds.